The highest BCUT2D eigenvalue weighted by Crippen LogP contribution is 2.58. The summed E-state index contributed by atoms with van der Waals surface area (Å²) in [5.74, 6) is 2.64. The van der Waals surface area contributed by atoms with Gasteiger partial charge in [0.05, 0.1) is 6.10 Å². The molecular formula is C16H29BrO. The van der Waals surface area contributed by atoms with Crippen molar-refractivity contribution in [3.63, 3.8) is 0 Å². The zero-order valence-electron chi connectivity index (χ0n) is 12.3. The first kappa shape index (κ1) is 14.8. The van der Waals surface area contributed by atoms with Crippen LogP contribution in [0.15, 0.2) is 0 Å². The van der Waals surface area contributed by atoms with Crippen LogP contribution in [0.25, 0.3) is 0 Å². The summed E-state index contributed by atoms with van der Waals surface area (Å²) in [6.45, 7) is 5.04. The van der Waals surface area contributed by atoms with Gasteiger partial charge < -0.3 is 4.74 Å². The molecule has 0 aromatic rings. The molecule has 0 aromatic carbocycles. The van der Waals surface area contributed by atoms with Gasteiger partial charge in [-0.25, -0.2) is 0 Å². The van der Waals surface area contributed by atoms with E-state index in [-0.39, 0.29) is 0 Å². The Balaban J connectivity index is 2.05. The number of alkyl halides is 1. The van der Waals surface area contributed by atoms with Gasteiger partial charge in [-0.15, -0.1) is 0 Å². The standard InChI is InChI=1S/C16H29BrO/c1-12(6-5-11-17)13-8-9-14-15(18-3)7-4-10-16(13,14)2/h12-15H,4-11H2,1-3H3/t12?,13-,14?,15+,16-/m1/s1. The Hall–Kier alpha value is 0.440. The molecule has 0 spiro atoms. The SMILES string of the molecule is CO[C@H]1CCC[C@@]2(C)C1CC[C@@H]2C(C)CCCBr. The highest BCUT2D eigenvalue weighted by molar-refractivity contribution is 9.09. The number of fused-ring (bicyclic) bond motifs is 1. The molecule has 2 heteroatoms. The monoisotopic (exact) mass is 316 g/mol. The third-order valence-electron chi connectivity index (χ3n) is 5.92. The molecule has 5 atom stereocenters. The molecule has 2 rings (SSSR count). The Morgan fingerprint density at radius 3 is 2.78 bits per heavy atom. The summed E-state index contributed by atoms with van der Waals surface area (Å²) in [6.07, 6.45) is 10.2. The minimum atomic E-state index is 0.539. The molecule has 0 aliphatic heterocycles. The predicted octanol–water partition coefficient (Wildman–Crippen LogP) is 5.03. The van der Waals surface area contributed by atoms with Crippen molar-refractivity contribution in [2.45, 2.75) is 64.9 Å². The molecule has 2 aliphatic carbocycles. The maximum Gasteiger partial charge on any atom is 0.0604 e. The van der Waals surface area contributed by atoms with Crippen LogP contribution in [0.4, 0.5) is 0 Å². The summed E-state index contributed by atoms with van der Waals surface area (Å²) in [4.78, 5) is 0. The summed E-state index contributed by atoms with van der Waals surface area (Å²) in [7, 11) is 1.91. The lowest BCUT2D eigenvalue weighted by Gasteiger charge is -2.46. The van der Waals surface area contributed by atoms with Crippen molar-refractivity contribution in [2.24, 2.45) is 23.2 Å². The normalized spacial score (nSPS) is 41.7. The van der Waals surface area contributed by atoms with Crippen LogP contribution in [-0.4, -0.2) is 18.5 Å². The first-order valence-corrected chi connectivity index (χ1v) is 8.84. The van der Waals surface area contributed by atoms with E-state index in [9.17, 15) is 0 Å². The number of ether oxygens (including phenoxy) is 1. The van der Waals surface area contributed by atoms with Crippen LogP contribution in [0.5, 0.6) is 0 Å². The highest BCUT2D eigenvalue weighted by atomic mass is 79.9. The van der Waals surface area contributed by atoms with Crippen LogP contribution >= 0.6 is 15.9 Å². The maximum absolute atomic E-state index is 5.77. The van der Waals surface area contributed by atoms with Crippen LogP contribution in [0.2, 0.25) is 0 Å². The van der Waals surface area contributed by atoms with Gasteiger partial charge in [0, 0.05) is 12.4 Å². The van der Waals surface area contributed by atoms with Gasteiger partial charge in [-0.3, -0.25) is 0 Å². The van der Waals surface area contributed by atoms with Gasteiger partial charge in [0.1, 0.15) is 0 Å². The lowest BCUT2D eigenvalue weighted by Crippen LogP contribution is -2.42. The summed E-state index contributed by atoms with van der Waals surface area (Å²) in [5.41, 5.74) is 0.560. The van der Waals surface area contributed by atoms with Crippen molar-refractivity contribution >= 4 is 15.9 Å². The molecule has 2 fully saturated rings. The molecule has 2 aliphatic rings. The molecular weight excluding hydrogens is 288 g/mol. The first-order chi connectivity index (χ1) is 8.63. The number of rotatable bonds is 5. The van der Waals surface area contributed by atoms with E-state index in [0.29, 0.717) is 11.5 Å². The van der Waals surface area contributed by atoms with E-state index >= 15 is 0 Å². The van der Waals surface area contributed by atoms with Gasteiger partial charge in [-0.1, -0.05) is 36.2 Å². The fourth-order valence-electron chi connectivity index (χ4n) is 4.98. The van der Waals surface area contributed by atoms with Crippen molar-refractivity contribution in [3.8, 4) is 0 Å². The van der Waals surface area contributed by atoms with Crippen LogP contribution in [0.3, 0.4) is 0 Å². The molecule has 18 heavy (non-hydrogen) atoms. The molecule has 0 aromatic heterocycles. The van der Waals surface area contributed by atoms with Gasteiger partial charge in [-0.05, 0) is 61.7 Å². The van der Waals surface area contributed by atoms with E-state index < -0.39 is 0 Å². The molecule has 0 radical (unpaired) electrons. The molecule has 0 bridgehead atoms. The zero-order valence-corrected chi connectivity index (χ0v) is 13.8. The lowest BCUT2D eigenvalue weighted by molar-refractivity contribution is -0.0501. The Kier molecular flexibility index (Phi) is 5.16. The minimum Gasteiger partial charge on any atom is -0.381 e. The summed E-state index contributed by atoms with van der Waals surface area (Å²) in [5, 5.41) is 1.16. The molecule has 2 saturated carbocycles. The minimum absolute atomic E-state index is 0.539. The van der Waals surface area contributed by atoms with Crippen LogP contribution in [0.1, 0.15) is 58.8 Å². The number of halogens is 1. The van der Waals surface area contributed by atoms with E-state index in [1.165, 1.54) is 44.9 Å². The van der Waals surface area contributed by atoms with Gasteiger partial charge in [0.2, 0.25) is 0 Å². The van der Waals surface area contributed by atoms with E-state index in [0.717, 1.165) is 23.1 Å². The molecule has 0 amide bonds. The summed E-state index contributed by atoms with van der Waals surface area (Å²) in [6, 6.07) is 0. The van der Waals surface area contributed by atoms with Crippen LogP contribution in [0, 0.1) is 23.2 Å². The fourth-order valence-corrected chi connectivity index (χ4v) is 5.30. The van der Waals surface area contributed by atoms with Crippen LogP contribution in [-0.2, 0) is 4.74 Å². The Morgan fingerprint density at radius 2 is 2.11 bits per heavy atom. The summed E-state index contributed by atoms with van der Waals surface area (Å²) < 4.78 is 5.77. The number of hydrogen-bond acceptors (Lipinski definition) is 1. The Labute approximate surface area is 121 Å². The van der Waals surface area contributed by atoms with Gasteiger partial charge >= 0.3 is 0 Å². The van der Waals surface area contributed by atoms with Crippen molar-refractivity contribution < 1.29 is 4.74 Å². The second-order valence-corrected chi connectivity index (χ2v) is 7.56. The number of hydrogen-bond donors (Lipinski definition) is 0. The molecule has 0 saturated heterocycles. The first-order valence-electron chi connectivity index (χ1n) is 7.72. The topological polar surface area (TPSA) is 9.23 Å². The van der Waals surface area contributed by atoms with Crippen molar-refractivity contribution in [1.29, 1.82) is 0 Å². The van der Waals surface area contributed by atoms with E-state index in [1.54, 1.807) is 0 Å². The third-order valence-corrected chi connectivity index (χ3v) is 6.48. The van der Waals surface area contributed by atoms with Crippen LogP contribution < -0.4 is 0 Å². The highest BCUT2D eigenvalue weighted by Gasteiger charge is 2.52. The molecule has 0 N–H and O–H groups in total. The van der Waals surface area contributed by atoms with Crippen molar-refractivity contribution in [3.05, 3.63) is 0 Å². The van der Waals surface area contributed by atoms with E-state index in [4.69, 9.17) is 4.74 Å². The maximum atomic E-state index is 5.77. The number of methoxy groups -OCH3 is 1. The van der Waals surface area contributed by atoms with Crippen molar-refractivity contribution in [1.82, 2.24) is 0 Å². The largest absolute Gasteiger partial charge is 0.381 e. The molecule has 0 heterocycles. The Morgan fingerprint density at radius 1 is 1.33 bits per heavy atom. The third kappa shape index (κ3) is 2.65. The van der Waals surface area contributed by atoms with Gasteiger partial charge in [0.25, 0.3) is 0 Å². The van der Waals surface area contributed by atoms with Crippen molar-refractivity contribution in [2.75, 3.05) is 12.4 Å². The second-order valence-electron chi connectivity index (χ2n) is 6.77. The lowest BCUT2D eigenvalue weighted by atomic mass is 9.61. The molecule has 106 valence electrons. The average molecular weight is 317 g/mol. The van der Waals surface area contributed by atoms with E-state index in [1.807, 2.05) is 7.11 Å². The molecule has 1 nitrogen and oxygen atoms in total. The quantitative estimate of drug-likeness (QED) is 0.646. The fraction of sp³-hybridized carbons (Fsp3) is 1.00. The predicted molar refractivity (Wildman–Crippen MR) is 81.2 cm³/mol. The second kappa shape index (κ2) is 6.26. The smallest absolute Gasteiger partial charge is 0.0604 e. The van der Waals surface area contributed by atoms with Gasteiger partial charge in [-0.2, -0.15) is 0 Å². The summed E-state index contributed by atoms with van der Waals surface area (Å²) >= 11 is 3.57. The Bertz CT molecular complexity index is 268. The average Bonchev–Trinajstić information content (AvgIpc) is 2.72. The van der Waals surface area contributed by atoms with Gasteiger partial charge in [0.15, 0.2) is 0 Å². The van der Waals surface area contributed by atoms with E-state index in [2.05, 4.69) is 29.8 Å². The zero-order chi connectivity index (χ0) is 13.2. The molecule has 2 unspecified atom stereocenters.